The molecule has 0 unspecified atom stereocenters. The molecule has 3 heteroatoms. The first kappa shape index (κ1) is 30.0. The van der Waals surface area contributed by atoms with Gasteiger partial charge in [0.1, 0.15) is 0 Å². The largest absolute Gasteiger partial charge is 0.311 e. The van der Waals surface area contributed by atoms with Crippen LogP contribution in [0.1, 0.15) is 11.1 Å². The van der Waals surface area contributed by atoms with Crippen LogP contribution in [0.5, 0.6) is 0 Å². The second kappa shape index (κ2) is 12.5. The van der Waals surface area contributed by atoms with Gasteiger partial charge in [0.25, 0.3) is 0 Å². The minimum Gasteiger partial charge on any atom is -0.311 e. The highest BCUT2D eigenvalue weighted by molar-refractivity contribution is 5.96. The van der Waals surface area contributed by atoms with Crippen LogP contribution in [0, 0.1) is 0 Å². The van der Waals surface area contributed by atoms with E-state index in [0.717, 1.165) is 51.2 Å². The summed E-state index contributed by atoms with van der Waals surface area (Å²) in [5.74, 6) is 0.716. The Kier molecular flexibility index (Phi) is 7.21. The van der Waals surface area contributed by atoms with Gasteiger partial charge in [-0.05, 0) is 117 Å². The van der Waals surface area contributed by atoms with Crippen molar-refractivity contribution in [1.82, 2.24) is 9.97 Å². The molecule has 244 valence electrons. The number of benzene rings is 8. The van der Waals surface area contributed by atoms with E-state index in [4.69, 9.17) is 9.97 Å². The van der Waals surface area contributed by atoms with Crippen molar-refractivity contribution in [3.8, 4) is 44.9 Å². The Bertz CT molecular complexity index is 2740. The van der Waals surface area contributed by atoms with Gasteiger partial charge in [0.05, 0.1) is 11.2 Å². The summed E-state index contributed by atoms with van der Waals surface area (Å²) in [4.78, 5) is 12.6. The van der Waals surface area contributed by atoms with Crippen LogP contribution in [0.4, 0.5) is 17.1 Å². The van der Waals surface area contributed by atoms with Crippen LogP contribution in [-0.4, -0.2) is 9.97 Å². The van der Waals surface area contributed by atoms with Gasteiger partial charge in [-0.3, -0.25) is 0 Å². The Balaban J connectivity index is 1.02. The number of anilines is 3. The standard InChI is InChI=1S/C49H33N3/c1-3-11-33(12-4-1)34-19-24-42(25-20-34)52(41-15-5-2-6-16-41)43-26-21-35(22-27-43)49-50-47-18-10-9-17-45(47)48(51-49)38-23-28-44-39(30-38)31-40-29-36-13-7-8-14-37(36)32-46(40)44/h1-30,32H,31H2. The van der Waals surface area contributed by atoms with Crippen LogP contribution in [0.2, 0.25) is 0 Å². The lowest BCUT2D eigenvalue weighted by Gasteiger charge is -2.26. The maximum Gasteiger partial charge on any atom is 0.160 e. The maximum absolute atomic E-state index is 5.27. The molecule has 0 amide bonds. The minimum absolute atomic E-state index is 0.716. The molecule has 0 N–H and O–H groups in total. The summed E-state index contributed by atoms with van der Waals surface area (Å²) in [5, 5.41) is 3.63. The molecule has 0 fully saturated rings. The minimum atomic E-state index is 0.716. The number of nitrogens with zero attached hydrogens (tertiary/aromatic N) is 3. The summed E-state index contributed by atoms with van der Waals surface area (Å²) in [6.45, 7) is 0. The molecule has 0 aliphatic heterocycles. The van der Waals surface area contributed by atoms with Crippen LogP contribution in [0.15, 0.2) is 188 Å². The zero-order valence-corrected chi connectivity index (χ0v) is 28.4. The lowest BCUT2D eigenvalue weighted by atomic mass is 9.98. The third-order valence-corrected chi connectivity index (χ3v) is 10.3. The van der Waals surface area contributed by atoms with E-state index < -0.39 is 0 Å². The molecule has 0 saturated carbocycles. The Morgan fingerprint density at radius 2 is 0.942 bits per heavy atom. The van der Waals surface area contributed by atoms with Crippen molar-refractivity contribution in [2.24, 2.45) is 0 Å². The van der Waals surface area contributed by atoms with E-state index in [2.05, 4.69) is 193 Å². The van der Waals surface area contributed by atoms with Crippen LogP contribution < -0.4 is 4.90 Å². The molecule has 0 radical (unpaired) electrons. The summed E-state index contributed by atoms with van der Waals surface area (Å²) in [6, 6.07) is 66.9. The molecule has 10 rings (SSSR count). The zero-order chi connectivity index (χ0) is 34.4. The second-order valence-electron chi connectivity index (χ2n) is 13.4. The average Bonchev–Trinajstić information content (AvgIpc) is 3.57. The van der Waals surface area contributed by atoms with Gasteiger partial charge in [-0.1, -0.05) is 121 Å². The van der Waals surface area contributed by atoms with Gasteiger partial charge >= 0.3 is 0 Å². The van der Waals surface area contributed by atoms with E-state index in [9.17, 15) is 0 Å². The fraction of sp³-hybridized carbons (Fsp3) is 0.0204. The smallest absolute Gasteiger partial charge is 0.160 e. The van der Waals surface area contributed by atoms with Crippen molar-refractivity contribution in [2.45, 2.75) is 6.42 Å². The van der Waals surface area contributed by atoms with Crippen molar-refractivity contribution in [3.63, 3.8) is 0 Å². The number of fused-ring (bicyclic) bond motifs is 5. The van der Waals surface area contributed by atoms with Crippen molar-refractivity contribution in [3.05, 3.63) is 199 Å². The fourth-order valence-electron chi connectivity index (χ4n) is 7.68. The van der Waals surface area contributed by atoms with Gasteiger partial charge in [-0.15, -0.1) is 0 Å². The monoisotopic (exact) mass is 663 g/mol. The fourth-order valence-corrected chi connectivity index (χ4v) is 7.68. The molecule has 9 aromatic rings. The lowest BCUT2D eigenvalue weighted by molar-refractivity contribution is 1.22. The molecular formula is C49H33N3. The number of hydrogen-bond donors (Lipinski definition) is 0. The predicted octanol–water partition coefficient (Wildman–Crippen LogP) is 12.8. The SMILES string of the molecule is c1ccc(-c2ccc(N(c3ccccc3)c3ccc(-c4nc(-c5ccc6c(c5)Cc5cc7ccccc7cc5-6)c5ccccc5n4)cc3)cc2)cc1. The van der Waals surface area contributed by atoms with Gasteiger partial charge in [0.15, 0.2) is 5.82 Å². The summed E-state index contributed by atoms with van der Waals surface area (Å²) in [7, 11) is 0. The van der Waals surface area contributed by atoms with Gasteiger partial charge in [-0.25, -0.2) is 9.97 Å². The molecule has 8 aromatic carbocycles. The van der Waals surface area contributed by atoms with Crippen LogP contribution in [-0.2, 0) is 6.42 Å². The first-order valence-electron chi connectivity index (χ1n) is 17.8. The Hall–Kier alpha value is -6.84. The molecule has 1 aromatic heterocycles. The quantitative estimate of drug-likeness (QED) is 0.177. The van der Waals surface area contributed by atoms with Gasteiger partial charge in [0.2, 0.25) is 0 Å². The Morgan fingerprint density at radius 1 is 0.385 bits per heavy atom. The van der Waals surface area contributed by atoms with E-state index in [-0.39, 0.29) is 0 Å². The first-order chi connectivity index (χ1) is 25.7. The van der Waals surface area contributed by atoms with E-state index in [0.29, 0.717) is 5.82 Å². The zero-order valence-electron chi connectivity index (χ0n) is 28.4. The van der Waals surface area contributed by atoms with E-state index in [1.165, 1.54) is 44.2 Å². The highest BCUT2D eigenvalue weighted by Crippen LogP contribution is 2.42. The Labute approximate surface area is 303 Å². The van der Waals surface area contributed by atoms with Crippen LogP contribution in [0.25, 0.3) is 66.6 Å². The number of rotatable bonds is 6. The number of para-hydroxylation sites is 2. The van der Waals surface area contributed by atoms with Crippen LogP contribution >= 0.6 is 0 Å². The summed E-state index contributed by atoms with van der Waals surface area (Å²) >= 11 is 0. The first-order valence-corrected chi connectivity index (χ1v) is 17.8. The molecule has 0 atom stereocenters. The predicted molar refractivity (Wildman–Crippen MR) is 216 cm³/mol. The Morgan fingerprint density at radius 3 is 1.69 bits per heavy atom. The van der Waals surface area contributed by atoms with Crippen molar-refractivity contribution < 1.29 is 0 Å². The van der Waals surface area contributed by atoms with Crippen molar-refractivity contribution in [2.75, 3.05) is 4.90 Å². The van der Waals surface area contributed by atoms with Gasteiger partial charge < -0.3 is 4.90 Å². The van der Waals surface area contributed by atoms with Gasteiger partial charge in [0, 0.05) is 33.6 Å². The molecule has 0 spiro atoms. The highest BCUT2D eigenvalue weighted by atomic mass is 15.1. The topological polar surface area (TPSA) is 29.0 Å². The molecular weight excluding hydrogens is 631 g/mol. The van der Waals surface area contributed by atoms with E-state index in [1.807, 2.05) is 0 Å². The summed E-state index contributed by atoms with van der Waals surface area (Å²) in [5.41, 5.74) is 15.0. The normalized spacial score (nSPS) is 11.8. The molecule has 0 saturated heterocycles. The second-order valence-corrected chi connectivity index (χ2v) is 13.4. The highest BCUT2D eigenvalue weighted by Gasteiger charge is 2.21. The molecule has 1 heterocycles. The molecule has 1 aliphatic rings. The molecule has 0 bridgehead atoms. The third-order valence-electron chi connectivity index (χ3n) is 10.3. The van der Waals surface area contributed by atoms with Crippen LogP contribution in [0.3, 0.4) is 0 Å². The summed E-state index contributed by atoms with van der Waals surface area (Å²) < 4.78 is 0. The number of aromatic nitrogens is 2. The molecule has 1 aliphatic carbocycles. The molecule has 3 nitrogen and oxygen atoms in total. The summed E-state index contributed by atoms with van der Waals surface area (Å²) in [6.07, 6.45) is 0.924. The molecule has 52 heavy (non-hydrogen) atoms. The average molecular weight is 664 g/mol. The third kappa shape index (κ3) is 5.31. The van der Waals surface area contributed by atoms with Gasteiger partial charge in [-0.2, -0.15) is 0 Å². The van der Waals surface area contributed by atoms with E-state index in [1.54, 1.807) is 0 Å². The van der Waals surface area contributed by atoms with Crippen molar-refractivity contribution >= 4 is 38.7 Å². The number of hydrogen-bond acceptors (Lipinski definition) is 3. The van der Waals surface area contributed by atoms with E-state index >= 15 is 0 Å². The lowest BCUT2D eigenvalue weighted by Crippen LogP contribution is -2.09. The van der Waals surface area contributed by atoms with Crippen molar-refractivity contribution in [1.29, 1.82) is 0 Å². The maximum atomic E-state index is 5.27.